The monoisotopic (exact) mass is 217 g/mol. The molecule has 1 saturated heterocycles. The molecule has 1 N–H and O–H groups in total. The summed E-state index contributed by atoms with van der Waals surface area (Å²) in [6.07, 6.45) is 5.56. The van der Waals surface area contributed by atoms with Gasteiger partial charge in [0.2, 0.25) is 0 Å². The highest BCUT2D eigenvalue weighted by Gasteiger charge is 2.20. The van der Waals surface area contributed by atoms with E-state index < -0.39 is 0 Å². The first kappa shape index (κ1) is 10.2. The van der Waals surface area contributed by atoms with Gasteiger partial charge < -0.3 is 10.0 Å². The number of aryl methyl sites for hydroxylation is 1. The molecule has 0 aromatic heterocycles. The van der Waals surface area contributed by atoms with E-state index in [-0.39, 0.29) is 6.10 Å². The summed E-state index contributed by atoms with van der Waals surface area (Å²) in [6.45, 7) is 2.35. The van der Waals surface area contributed by atoms with Gasteiger partial charge in [-0.1, -0.05) is 6.07 Å². The molecular weight excluding hydrogens is 198 g/mol. The zero-order valence-corrected chi connectivity index (χ0v) is 9.65. The maximum absolute atomic E-state index is 10.0. The normalized spacial score (nSPS) is 24.6. The minimum Gasteiger partial charge on any atom is -0.388 e. The zero-order valence-electron chi connectivity index (χ0n) is 9.65. The van der Waals surface area contributed by atoms with Crippen LogP contribution in [-0.2, 0) is 6.42 Å². The van der Waals surface area contributed by atoms with Gasteiger partial charge in [0, 0.05) is 18.8 Å². The second-order valence-electron chi connectivity index (χ2n) is 4.99. The number of benzene rings is 1. The molecule has 1 aliphatic carbocycles. The first-order valence-corrected chi connectivity index (χ1v) is 6.40. The van der Waals surface area contributed by atoms with Gasteiger partial charge in [-0.05, 0) is 55.4 Å². The number of nitrogens with zero attached hydrogens (tertiary/aromatic N) is 1. The Hall–Kier alpha value is -1.02. The molecule has 1 aliphatic heterocycles. The van der Waals surface area contributed by atoms with Crippen molar-refractivity contribution >= 4 is 5.69 Å². The number of hydrogen-bond donors (Lipinski definition) is 1. The zero-order chi connectivity index (χ0) is 11.0. The van der Waals surface area contributed by atoms with Crippen molar-refractivity contribution in [3.63, 3.8) is 0 Å². The van der Waals surface area contributed by atoms with E-state index in [1.165, 1.54) is 42.7 Å². The number of aliphatic hydroxyl groups is 1. The van der Waals surface area contributed by atoms with Crippen LogP contribution in [0, 0.1) is 0 Å². The molecular formula is C14H19NO. The van der Waals surface area contributed by atoms with Gasteiger partial charge in [-0.15, -0.1) is 0 Å². The van der Waals surface area contributed by atoms with Crippen molar-refractivity contribution in [3.05, 3.63) is 29.3 Å². The first-order chi connectivity index (χ1) is 7.84. The molecule has 0 radical (unpaired) electrons. The smallest absolute Gasteiger partial charge is 0.0793 e. The van der Waals surface area contributed by atoms with Crippen molar-refractivity contribution in [3.8, 4) is 0 Å². The molecule has 1 unspecified atom stereocenters. The van der Waals surface area contributed by atoms with E-state index in [0.717, 1.165) is 19.3 Å². The molecule has 0 saturated carbocycles. The number of aliphatic hydroxyl groups excluding tert-OH is 1. The lowest BCUT2D eigenvalue weighted by Gasteiger charge is -2.25. The maximum atomic E-state index is 10.0. The molecule has 2 heteroatoms. The van der Waals surface area contributed by atoms with Crippen LogP contribution in [0.2, 0.25) is 0 Å². The standard InChI is InChI=1S/C14H19NO/c16-14-5-3-4-11-6-7-12(10-13(11)14)15-8-1-2-9-15/h6-7,10,14,16H,1-5,8-9H2. The van der Waals surface area contributed by atoms with Gasteiger partial charge in [0.05, 0.1) is 6.10 Å². The van der Waals surface area contributed by atoms with Gasteiger partial charge in [0.15, 0.2) is 0 Å². The average molecular weight is 217 g/mol. The summed E-state index contributed by atoms with van der Waals surface area (Å²) in [6, 6.07) is 6.65. The lowest BCUT2D eigenvalue weighted by molar-refractivity contribution is 0.156. The predicted octanol–water partition coefficient (Wildman–Crippen LogP) is 2.66. The number of rotatable bonds is 1. The minimum atomic E-state index is -0.230. The number of fused-ring (bicyclic) bond motifs is 1. The van der Waals surface area contributed by atoms with Crippen LogP contribution >= 0.6 is 0 Å². The third-order valence-corrected chi connectivity index (χ3v) is 3.88. The van der Waals surface area contributed by atoms with Crippen molar-refractivity contribution in [2.45, 2.75) is 38.2 Å². The minimum absolute atomic E-state index is 0.230. The summed E-state index contributed by atoms with van der Waals surface area (Å²) in [5.41, 5.74) is 3.83. The van der Waals surface area contributed by atoms with E-state index in [2.05, 4.69) is 23.1 Å². The Morgan fingerprint density at radius 3 is 2.75 bits per heavy atom. The van der Waals surface area contributed by atoms with Gasteiger partial charge in [0.1, 0.15) is 0 Å². The summed E-state index contributed by atoms with van der Waals surface area (Å²) in [7, 11) is 0. The molecule has 1 aromatic rings. The Morgan fingerprint density at radius 2 is 1.94 bits per heavy atom. The molecule has 2 aliphatic rings. The molecule has 1 heterocycles. The van der Waals surface area contributed by atoms with Gasteiger partial charge >= 0.3 is 0 Å². The molecule has 0 bridgehead atoms. The van der Waals surface area contributed by atoms with E-state index in [1.54, 1.807) is 0 Å². The molecule has 16 heavy (non-hydrogen) atoms. The van der Waals surface area contributed by atoms with Crippen molar-refractivity contribution in [2.75, 3.05) is 18.0 Å². The van der Waals surface area contributed by atoms with Crippen molar-refractivity contribution in [2.24, 2.45) is 0 Å². The molecule has 2 nitrogen and oxygen atoms in total. The van der Waals surface area contributed by atoms with E-state index in [1.807, 2.05) is 0 Å². The van der Waals surface area contributed by atoms with Crippen LogP contribution in [0.15, 0.2) is 18.2 Å². The van der Waals surface area contributed by atoms with Gasteiger partial charge in [-0.25, -0.2) is 0 Å². The van der Waals surface area contributed by atoms with Crippen LogP contribution < -0.4 is 4.90 Å². The Bertz CT molecular complexity index is 382. The van der Waals surface area contributed by atoms with Crippen LogP contribution in [0.3, 0.4) is 0 Å². The van der Waals surface area contributed by atoms with Gasteiger partial charge in [-0.2, -0.15) is 0 Å². The Balaban J connectivity index is 1.93. The lowest BCUT2D eigenvalue weighted by Crippen LogP contribution is -2.19. The summed E-state index contributed by atoms with van der Waals surface area (Å²) >= 11 is 0. The van der Waals surface area contributed by atoms with Crippen LogP contribution in [0.4, 0.5) is 5.69 Å². The molecule has 86 valence electrons. The molecule has 0 spiro atoms. The fourth-order valence-electron chi connectivity index (χ4n) is 2.93. The van der Waals surface area contributed by atoms with E-state index in [4.69, 9.17) is 0 Å². The second kappa shape index (κ2) is 4.10. The highest BCUT2D eigenvalue weighted by Crippen LogP contribution is 2.33. The van der Waals surface area contributed by atoms with E-state index in [9.17, 15) is 5.11 Å². The Labute approximate surface area is 96.9 Å². The van der Waals surface area contributed by atoms with Gasteiger partial charge in [-0.3, -0.25) is 0 Å². The summed E-state index contributed by atoms with van der Waals surface area (Å²) in [4.78, 5) is 2.43. The third kappa shape index (κ3) is 1.71. The SMILES string of the molecule is OC1CCCc2ccc(N3CCCC3)cc21. The number of hydrogen-bond acceptors (Lipinski definition) is 2. The molecule has 1 fully saturated rings. The molecule has 1 aromatic carbocycles. The van der Waals surface area contributed by atoms with Crippen LogP contribution in [0.1, 0.15) is 42.9 Å². The molecule has 0 amide bonds. The Kier molecular flexibility index (Phi) is 2.60. The second-order valence-corrected chi connectivity index (χ2v) is 4.99. The van der Waals surface area contributed by atoms with Crippen molar-refractivity contribution < 1.29 is 5.11 Å². The van der Waals surface area contributed by atoms with Crippen molar-refractivity contribution in [1.82, 2.24) is 0 Å². The topological polar surface area (TPSA) is 23.5 Å². The Morgan fingerprint density at radius 1 is 1.12 bits per heavy atom. The third-order valence-electron chi connectivity index (χ3n) is 3.88. The maximum Gasteiger partial charge on any atom is 0.0793 e. The van der Waals surface area contributed by atoms with Gasteiger partial charge in [0.25, 0.3) is 0 Å². The fraction of sp³-hybridized carbons (Fsp3) is 0.571. The summed E-state index contributed by atoms with van der Waals surface area (Å²) in [5, 5.41) is 10.0. The number of anilines is 1. The van der Waals surface area contributed by atoms with E-state index in [0.29, 0.717) is 0 Å². The van der Waals surface area contributed by atoms with Crippen LogP contribution in [-0.4, -0.2) is 18.2 Å². The van der Waals surface area contributed by atoms with Crippen molar-refractivity contribution in [1.29, 1.82) is 0 Å². The highest BCUT2D eigenvalue weighted by molar-refractivity contribution is 5.52. The lowest BCUT2D eigenvalue weighted by atomic mass is 9.89. The van der Waals surface area contributed by atoms with Crippen LogP contribution in [0.25, 0.3) is 0 Å². The first-order valence-electron chi connectivity index (χ1n) is 6.40. The largest absolute Gasteiger partial charge is 0.388 e. The van der Waals surface area contributed by atoms with Crippen LogP contribution in [0.5, 0.6) is 0 Å². The molecule has 3 rings (SSSR count). The summed E-state index contributed by atoms with van der Waals surface area (Å²) in [5.74, 6) is 0. The fourth-order valence-corrected chi connectivity index (χ4v) is 2.93. The highest BCUT2D eigenvalue weighted by atomic mass is 16.3. The summed E-state index contributed by atoms with van der Waals surface area (Å²) < 4.78 is 0. The predicted molar refractivity (Wildman–Crippen MR) is 65.8 cm³/mol. The average Bonchev–Trinajstić information content (AvgIpc) is 2.83. The molecule has 1 atom stereocenters. The van der Waals surface area contributed by atoms with E-state index >= 15 is 0 Å². The quantitative estimate of drug-likeness (QED) is 0.781.